The summed E-state index contributed by atoms with van der Waals surface area (Å²) in [4.78, 5) is 10.6. The van der Waals surface area contributed by atoms with E-state index in [1.807, 2.05) is 13.0 Å². The number of rotatable bonds is 6. The monoisotopic (exact) mass is 265 g/mol. The van der Waals surface area contributed by atoms with E-state index < -0.39 is 0 Å². The lowest BCUT2D eigenvalue weighted by molar-refractivity contribution is -0.385. The van der Waals surface area contributed by atoms with Crippen LogP contribution in [-0.2, 0) is 0 Å². The van der Waals surface area contributed by atoms with Gasteiger partial charge in [-0.25, -0.2) is 0 Å². The first kappa shape index (κ1) is 15.4. The zero-order chi connectivity index (χ0) is 14.6. The molecule has 1 aromatic rings. The molecule has 0 saturated heterocycles. The SMILES string of the molecule is Cc1ccc(NC(C)(CN)CC(C)C)cc1[N+](=O)[O-]. The molecule has 1 unspecified atom stereocenters. The van der Waals surface area contributed by atoms with Crippen LogP contribution in [0.2, 0.25) is 0 Å². The number of aryl methyl sites for hydroxylation is 1. The molecule has 0 saturated carbocycles. The summed E-state index contributed by atoms with van der Waals surface area (Å²) in [6, 6.07) is 5.19. The number of nitro groups is 1. The van der Waals surface area contributed by atoms with Gasteiger partial charge in [0.05, 0.1) is 4.92 Å². The summed E-state index contributed by atoms with van der Waals surface area (Å²) in [6.07, 6.45) is 0.908. The van der Waals surface area contributed by atoms with Gasteiger partial charge in [0.1, 0.15) is 0 Å². The molecule has 0 spiro atoms. The van der Waals surface area contributed by atoms with Crippen LogP contribution in [0.25, 0.3) is 0 Å². The predicted molar refractivity (Wildman–Crippen MR) is 78.4 cm³/mol. The van der Waals surface area contributed by atoms with E-state index in [0.717, 1.165) is 12.1 Å². The Bertz CT molecular complexity index is 460. The Morgan fingerprint density at radius 2 is 2.11 bits per heavy atom. The van der Waals surface area contributed by atoms with Crippen LogP contribution in [-0.4, -0.2) is 17.0 Å². The number of nitrogens with two attached hydrogens (primary N) is 1. The molecule has 5 heteroatoms. The van der Waals surface area contributed by atoms with Gasteiger partial charge in [-0.15, -0.1) is 0 Å². The zero-order valence-corrected chi connectivity index (χ0v) is 12.1. The minimum absolute atomic E-state index is 0.133. The smallest absolute Gasteiger partial charge is 0.274 e. The second-order valence-electron chi connectivity index (χ2n) is 5.75. The fraction of sp³-hybridized carbons (Fsp3) is 0.571. The van der Waals surface area contributed by atoms with Crippen molar-refractivity contribution in [2.24, 2.45) is 11.7 Å². The fourth-order valence-electron chi connectivity index (χ4n) is 2.32. The maximum absolute atomic E-state index is 10.9. The van der Waals surface area contributed by atoms with Gasteiger partial charge in [-0.1, -0.05) is 19.9 Å². The molecule has 0 amide bonds. The van der Waals surface area contributed by atoms with E-state index in [1.54, 1.807) is 19.1 Å². The molecule has 0 radical (unpaired) electrons. The van der Waals surface area contributed by atoms with Gasteiger partial charge < -0.3 is 11.1 Å². The number of nitrogens with one attached hydrogen (secondary N) is 1. The van der Waals surface area contributed by atoms with Gasteiger partial charge in [0.15, 0.2) is 0 Å². The third kappa shape index (κ3) is 4.21. The molecule has 0 aliphatic rings. The lowest BCUT2D eigenvalue weighted by Crippen LogP contribution is -2.43. The maximum atomic E-state index is 10.9. The first-order valence-corrected chi connectivity index (χ1v) is 6.51. The number of anilines is 1. The second kappa shape index (κ2) is 6.02. The minimum atomic E-state index is -0.358. The van der Waals surface area contributed by atoms with Gasteiger partial charge in [0, 0.05) is 29.4 Å². The summed E-state index contributed by atoms with van der Waals surface area (Å²) in [5, 5.41) is 14.3. The van der Waals surface area contributed by atoms with Crippen molar-refractivity contribution in [1.29, 1.82) is 0 Å². The molecule has 0 bridgehead atoms. The number of benzene rings is 1. The molecule has 1 rings (SSSR count). The molecule has 0 aliphatic heterocycles. The number of nitrogens with zero attached hydrogens (tertiary/aromatic N) is 1. The Morgan fingerprint density at radius 3 is 2.58 bits per heavy atom. The molecule has 0 fully saturated rings. The van der Waals surface area contributed by atoms with Crippen LogP contribution in [0.4, 0.5) is 11.4 Å². The highest BCUT2D eigenvalue weighted by atomic mass is 16.6. The summed E-state index contributed by atoms with van der Waals surface area (Å²) in [5.74, 6) is 0.501. The van der Waals surface area contributed by atoms with Crippen LogP contribution in [0.5, 0.6) is 0 Å². The van der Waals surface area contributed by atoms with Gasteiger partial charge in [-0.2, -0.15) is 0 Å². The van der Waals surface area contributed by atoms with E-state index in [0.29, 0.717) is 18.0 Å². The van der Waals surface area contributed by atoms with E-state index >= 15 is 0 Å². The maximum Gasteiger partial charge on any atom is 0.274 e. The van der Waals surface area contributed by atoms with E-state index in [9.17, 15) is 10.1 Å². The van der Waals surface area contributed by atoms with Crippen LogP contribution in [0.3, 0.4) is 0 Å². The lowest BCUT2D eigenvalue weighted by Gasteiger charge is -2.32. The summed E-state index contributed by atoms with van der Waals surface area (Å²) in [7, 11) is 0. The van der Waals surface area contributed by atoms with Crippen molar-refractivity contribution in [1.82, 2.24) is 0 Å². The lowest BCUT2D eigenvalue weighted by atomic mass is 9.90. The highest BCUT2D eigenvalue weighted by Crippen LogP contribution is 2.26. The van der Waals surface area contributed by atoms with Crippen molar-refractivity contribution < 1.29 is 4.92 Å². The van der Waals surface area contributed by atoms with Crippen LogP contribution < -0.4 is 11.1 Å². The Balaban J connectivity index is 2.98. The topological polar surface area (TPSA) is 81.2 Å². The van der Waals surface area contributed by atoms with Crippen molar-refractivity contribution >= 4 is 11.4 Å². The van der Waals surface area contributed by atoms with Crippen LogP contribution in [0, 0.1) is 23.0 Å². The quantitative estimate of drug-likeness (QED) is 0.611. The van der Waals surface area contributed by atoms with Gasteiger partial charge >= 0.3 is 0 Å². The Labute approximate surface area is 114 Å². The molecule has 0 aromatic heterocycles. The van der Waals surface area contributed by atoms with Gasteiger partial charge in [0.2, 0.25) is 0 Å². The number of nitro benzene ring substituents is 1. The number of hydrogen-bond donors (Lipinski definition) is 2. The normalized spacial score (nSPS) is 14.2. The van der Waals surface area contributed by atoms with Crippen LogP contribution in [0.15, 0.2) is 18.2 Å². The van der Waals surface area contributed by atoms with Crippen LogP contribution in [0.1, 0.15) is 32.8 Å². The van der Waals surface area contributed by atoms with Gasteiger partial charge in [0.25, 0.3) is 5.69 Å². The molecule has 19 heavy (non-hydrogen) atoms. The molecule has 1 aromatic carbocycles. The summed E-state index contributed by atoms with van der Waals surface area (Å²) < 4.78 is 0. The largest absolute Gasteiger partial charge is 0.378 e. The molecule has 1 atom stereocenters. The third-order valence-corrected chi connectivity index (χ3v) is 3.16. The van der Waals surface area contributed by atoms with E-state index in [2.05, 4.69) is 19.2 Å². The second-order valence-corrected chi connectivity index (χ2v) is 5.75. The van der Waals surface area contributed by atoms with Gasteiger partial charge in [-0.3, -0.25) is 10.1 Å². The highest BCUT2D eigenvalue weighted by molar-refractivity contribution is 5.56. The molecule has 0 aliphatic carbocycles. The summed E-state index contributed by atoms with van der Waals surface area (Å²) >= 11 is 0. The van der Waals surface area contributed by atoms with Crippen molar-refractivity contribution in [2.75, 3.05) is 11.9 Å². The average molecular weight is 265 g/mol. The standard InChI is InChI=1S/C14H23N3O2/c1-10(2)8-14(4,9-15)16-12-6-5-11(3)13(7-12)17(18)19/h5-7,10,16H,8-9,15H2,1-4H3. The third-order valence-electron chi connectivity index (χ3n) is 3.16. The minimum Gasteiger partial charge on any atom is -0.378 e. The van der Waals surface area contributed by atoms with Crippen LogP contribution >= 0.6 is 0 Å². The molecule has 3 N–H and O–H groups in total. The molecular weight excluding hydrogens is 242 g/mol. The Kier molecular flexibility index (Phi) is 4.89. The molecular formula is C14H23N3O2. The Hall–Kier alpha value is -1.62. The van der Waals surface area contributed by atoms with Crippen molar-refractivity contribution in [3.05, 3.63) is 33.9 Å². The zero-order valence-electron chi connectivity index (χ0n) is 12.1. The van der Waals surface area contributed by atoms with Gasteiger partial charge in [-0.05, 0) is 32.3 Å². The van der Waals surface area contributed by atoms with E-state index in [-0.39, 0.29) is 16.1 Å². The molecule has 5 nitrogen and oxygen atoms in total. The summed E-state index contributed by atoms with van der Waals surface area (Å²) in [6.45, 7) is 8.52. The van der Waals surface area contributed by atoms with Crippen molar-refractivity contribution in [3.63, 3.8) is 0 Å². The first-order chi connectivity index (χ1) is 8.77. The van der Waals surface area contributed by atoms with E-state index in [4.69, 9.17) is 5.73 Å². The highest BCUT2D eigenvalue weighted by Gasteiger charge is 2.24. The molecule has 106 valence electrons. The number of hydrogen-bond acceptors (Lipinski definition) is 4. The van der Waals surface area contributed by atoms with Crippen molar-refractivity contribution in [2.45, 2.75) is 39.7 Å². The first-order valence-electron chi connectivity index (χ1n) is 6.51. The van der Waals surface area contributed by atoms with Crippen molar-refractivity contribution in [3.8, 4) is 0 Å². The Morgan fingerprint density at radius 1 is 1.47 bits per heavy atom. The fourth-order valence-corrected chi connectivity index (χ4v) is 2.32. The molecule has 0 heterocycles. The predicted octanol–water partition coefficient (Wildman–Crippen LogP) is 3.08. The summed E-state index contributed by atoms with van der Waals surface area (Å²) in [5.41, 5.74) is 7.12. The van der Waals surface area contributed by atoms with E-state index in [1.165, 1.54) is 0 Å². The average Bonchev–Trinajstić information content (AvgIpc) is 2.30.